The van der Waals surface area contributed by atoms with Gasteiger partial charge in [-0.1, -0.05) is 29.8 Å². The molecule has 0 atom stereocenters. The molecule has 6 heteroatoms. The minimum atomic E-state index is -0.643. The van der Waals surface area contributed by atoms with Gasteiger partial charge < -0.3 is 0 Å². The normalized spacial score (nSPS) is 10.8. The number of aromatic nitrogens is 2. The van der Waals surface area contributed by atoms with Crippen LogP contribution in [0.4, 0.5) is 4.39 Å². The van der Waals surface area contributed by atoms with Crippen LogP contribution < -0.4 is 5.56 Å². The Morgan fingerprint density at radius 2 is 1.95 bits per heavy atom. The molecule has 0 aliphatic heterocycles. The number of rotatable bonds is 2. The molecule has 0 fully saturated rings. The maximum absolute atomic E-state index is 13.9. The maximum atomic E-state index is 13.9. The Balaban J connectivity index is 2.40. The monoisotopic (exact) mass is 302 g/mol. The predicted molar refractivity (Wildman–Crippen MR) is 77.7 cm³/mol. The van der Waals surface area contributed by atoms with Crippen molar-refractivity contribution in [1.82, 2.24) is 9.78 Å². The first-order valence-corrected chi connectivity index (χ1v) is 6.42. The van der Waals surface area contributed by atoms with Gasteiger partial charge in [0.25, 0.3) is 5.56 Å². The third-order valence-electron chi connectivity index (χ3n) is 3.14. The van der Waals surface area contributed by atoms with Gasteiger partial charge in [-0.3, -0.25) is 9.59 Å². The highest BCUT2D eigenvalue weighted by Crippen LogP contribution is 2.21. The molecule has 1 heterocycles. The quantitative estimate of drug-likeness (QED) is 0.684. The van der Waals surface area contributed by atoms with E-state index in [-0.39, 0.29) is 21.7 Å². The summed E-state index contributed by atoms with van der Waals surface area (Å²) in [6, 6.07) is 8.93. The lowest BCUT2D eigenvalue weighted by atomic mass is 10.1. The molecule has 0 unspecified atom stereocenters. The number of hydrogen-bond acceptors (Lipinski definition) is 3. The van der Waals surface area contributed by atoms with Crippen molar-refractivity contribution in [3.05, 3.63) is 69.4 Å². The van der Waals surface area contributed by atoms with Gasteiger partial charge in [0.05, 0.1) is 27.9 Å². The molecular formula is C15H8ClFN2O2. The highest BCUT2D eigenvalue weighted by Gasteiger charge is 2.14. The molecular weight excluding hydrogens is 295 g/mol. The van der Waals surface area contributed by atoms with Crippen LogP contribution in [0.1, 0.15) is 10.4 Å². The molecule has 0 amide bonds. The van der Waals surface area contributed by atoms with Crippen LogP contribution in [0.3, 0.4) is 0 Å². The topological polar surface area (TPSA) is 52.0 Å². The van der Waals surface area contributed by atoms with Crippen molar-refractivity contribution < 1.29 is 9.18 Å². The van der Waals surface area contributed by atoms with Crippen LogP contribution in [-0.4, -0.2) is 16.1 Å². The summed E-state index contributed by atoms with van der Waals surface area (Å²) in [6.45, 7) is 0. The standard InChI is InChI=1S/C15H8ClFN2O2/c16-11-4-2-6-13(10(11)8-20)19-15(21)14-9(7-18-19)3-1-5-12(14)17/h1-8H. The van der Waals surface area contributed by atoms with Gasteiger partial charge in [0.15, 0.2) is 6.29 Å². The van der Waals surface area contributed by atoms with E-state index in [1.165, 1.54) is 30.5 Å². The second-order valence-electron chi connectivity index (χ2n) is 4.36. The Kier molecular flexibility index (Phi) is 3.27. The van der Waals surface area contributed by atoms with Gasteiger partial charge in [-0.25, -0.2) is 4.39 Å². The lowest BCUT2D eigenvalue weighted by Gasteiger charge is -2.09. The van der Waals surface area contributed by atoms with Crippen LogP contribution in [0.2, 0.25) is 5.02 Å². The number of hydrogen-bond donors (Lipinski definition) is 0. The molecule has 0 N–H and O–H groups in total. The molecule has 0 saturated carbocycles. The molecule has 0 aliphatic carbocycles. The fourth-order valence-corrected chi connectivity index (χ4v) is 2.37. The maximum Gasteiger partial charge on any atom is 0.282 e. The molecule has 0 saturated heterocycles. The summed E-state index contributed by atoms with van der Waals surface area (Å²) >= 11 is 5.93. The summed E-state index contributed by atoms with van der Waals surface area (Å²) in [7, 11) is 0. The van der Waals surface area contributed by atoms with E-state index in [2.05, 4.69) is 5.10 Å². The van der Waals surface area contributed by atoms with Crippen molar-refractivity contribution in [2.24, 2.45) is 0 Å². The van der Waals surface area contributed by atoms with Gasteiger partial charge in [-0.05, 0) is 18.2 Å². The van der Waals surface area contributed by atoms with Crippen molar-refractivity contribution >= 4 is 28.7 Å². The van der Waals surface area contributed by atoms with Crippen LogP contribution in [-0.2, 0) is 0 Å². The van der Waals surface area contributed by atoms with Gasteiger partial charge >= 0.3 is 0 Å². The Morgan fingerprint density at radius 1 is 1.19 bits per heavy atom. The average molecular weight is 303 g/mol. The molecule has 104 valence electrons. The summed E-state index contributed by atoms with van der Waals surface area (Å²) in [5, 5.41) is 4.50. The molecule has 21 heavy (non-hydrogen) atoms. The van der Waals surface area contributed by atoms with E-state index in [9.17, 15) is 14.0 Å². The third-order valence-corrected chi connectivity index (χ3v) is 3.47. The fraction of sp³-hybridized carbons (Fsp3) is 0. The number of benzene rings is 2. The molecule has 0 aliphatic rings. The van der Waals surface area contributed by atoms with Gasteiger partial charge in [0, 0.05) is 5.39 Å². The van der Waals surface area contributed by atoms with Gasteiger partial charge in [-0.2, -0.15) is 9.78 Å². The second-order valence-corrected chi connectivity index (χ2v) is 4.76. The molecule has 4 nitrogen and oxygen atoms in total. The Hall–Kier alpha value is -2.53. The largest absolute Gasteiger partial charge is 0.298 e. The highest BCUT2D eigenvalue weighted by molar-refractivity contribution is 6.33. The molecule has 0 radical (unpaired) electrons. The van der Waals surface area contributed by atoms with Crippen LogP contribution in [0.15, 0.2) is 47.4 Å². The minimum Gasteiger partial charge on any atom is -0.298 e. The van der Waals surface area contributed by atoms with Crippen molar-refractivity contribution in [1.29, 1.82) is 0 Å². The average Bonchev–Trinajstić information content (AvgIpc) is 2.47. The number of fused-ring (bicyclic) bond motifs is 1. The van der Waals surface area contributed by atoms with Crippen molar-refractivity contribution in [2.45, 2.75) is 0 Å². The second kappa shape index (κ2) is 5.10. The zero-order valence-corrected chi connectivity index (χ0v) is 11.3. The summed E-state index contributed by atoms with van der Waals surface area (Å²) in [6.07, 6.45) is 1.91. The number of carbonyl (C=O) groups is 1. The predicted octanol–water partition coefficient (Wildman–Crippen LogP) is 2.99. The van der Waals surface area contributed by atoms with Gasteiger partial charge in [0.2, 0.25) is 0 Å². The Labute approximate surface area is 123 Å². The van der Waals surface area contributed by atoms with Crippen LogP contribution >= 0.6 is 11.6 Å². The summed E-state index contributed by atoms with van der Waals surface area (Å²) in [4.78, 5) is 23.6. The smallest absolute Gasteiger partial charge is 0.282 e. The van der Waals surface area contributed by atoms with Crippen molar-refractivity contribution in [3.63, 3.8) is 0 Å². The summed E-state index contributed by atoms with van der Waals surface area (Å²) in [5.74, 6) is -0.636. The molecule has 0 bridgehead atoms. The van der Waals surface area contributed by atoms with E-state index in [4.69, 9.17) is 11.6 Å². The van der Waals surface area contributed by atoms with E-state index in [1.807, 2.05) is 0 Å². The number of halogens is 2. The van der Waals surface area contributed by atoms with Crippen LogP contribution in [0.25, 0.3) is 16.5 Å². The summed E-state index contributed by atoms with van der Waals surface area (Å²) < 4.78 is 14.8. The summed E-state index contributed by atoms with van der Waals surface area (Å²) in [5.41, 5.74) is -0.298. The number of nitrogens with zero attached hydrogens (tertiary/aromatic N) is 2. The van der Waals surface area contributed by atoms with E-state index in [0.29, 0.717) is 11.7 Å². The van der Waals surface area contributed by atoms with Crippen molar-refractivity contribution in [3.8, 4) is 5.69 Å². The zero-order valence-electron chi connectivity index (χ0n) is 10.6. The first-order valence-electron chi connectivity index (χ1n) is 6.04. The van der Waals surface area contributed by atoms with Gasteiger partial charge in [-0.15, -0.1) is 0 Å². The molecule has 3 rings (SSSR count). The molecule has 1 aromatic heterocycles. The van der Waals surface area contributed by atoms with E-state index in [1.54, 1.807) is 12.1 Å². The molecule has 2 aromatic carbocycles. The zero-order chi connectivity index (χ0) is 15.0. The van der Waals surface area contributed by atoms with Crippen LogP contribution in [0.5, 0.6) is 0 Å². The van der Waals surface area contributed by atoms with Gasteiger partial charge in [0.1, 0.15) is 5.82 Å². The van der Waals surface area contributed by atoms with E-state index >= 15 is 0 Å². The molecule has 3 aromatic rings. The number of aldehydes is 1. The highest BCUT2D eigenvalue weighted by atomic mass is 35.5. The lowest BCUT2D eigenvalue weighted by molar-refractivity contribution is 0.112. The lowest BCUT2D eigenvalue weighted by Crippen LogP contribution is -2.23. The fourth-order valence-electron chi connectivity index (χ4n) is 2.15. The SMILES string of the molecule is O=Cc1c(Cl)cccc1-n1ncc2cccc(F)c2c1=O. The third kappa shape index (κ3) is 2.11. The Bertz CT molecular complexity index is 921. The number of carbonyl (C=O) groups excluding carboxylic acids is 1. The van der Waals surface area contributed by atoms with E-state index < -0.39 is 11.4 Å². The molecule has 0 spiro atoms. The van der Waals surface area contributed by atoms with Crippen molar-refractivity contribution in [2.75, 3.05) is 0 Å². The first kappa shape index (κ1) is 13.5. The first-order chi connectivity index (χ1) is 10.1. The Morgan fingerprint density at radius 3 is 2.71 bits per heavy atom. The minimum absolute atomic E-state index is 0.0793. The van der Waals surface area contributed by atoms with E-state index in [0.717, 1.165) is 4.68 Å². The van der Waals surface area contributed by atoms with Crippen LogP contribution in [0, 0.1) is 5.82 Å².